The molecular formula is C11H16N2O2. The molecule has 2 N–H and O–H groups in total. The fourth-order valence-corrected chi connectivity index (χ4v) is 2.25. The minimum Gasteiger partial charge on any atom is -0.369 e. The van der Waals surface area contributed by atoms with Crippen LogP contribution in [-0.2, 0) is 4.79 Å². The van der Waals surface area contributed by atoms with Crippen LogP contribution in [0.4, 0.5) is 0 Å². The van der Waals surface area contributed by atoms with E-state index in [0.717, 1.165) is 37.1 Å². The zero-order valence-electron chi connectivity index (χ0n) is 8.90. The average Bonchev–Trinajstić information content (AvgIpc) is 2.65. The maximum atomic E-state index is 11.0. The smallest absolute Gasteiger partial charge is 0.220 e. The van der Waals surface area contributed by atoms with Crippen LogP contribution in [0.2, 0.25) is 0 Å². The number of nitrogens with two attached hydrogens (primary N) is 1. The predicted molar refractivity (Wildman–Crippen MR) is 55.1 cm³/mol. The van der Waals surface area contributed by atoms with Gasteiger partial charge in [0.25, 0.3) is 0 Å². The van der Waals surface area contributed by atoms with Crippen molar-refractivity contribution < 1.29 is 9.32 Å². The highest BCUT2D eigenvalue weighted by Gasteiger charge is 2.27. The lowest BCUT2D eigenvalue weighted by Crippen LogP contribution is -2.27. The van der Waals surface area contributed by atoms with E-state index in [4.69, 9.17) is 10.3 Å². The highest BCUT2D eigenvalue weighted by molar-refractivity contribution is 5.76. The number of rotatable bonds is 2. The summed E-state index contributed by atoms with van der Waals surface area (Å²) in [5, 5.41) is 4.02. The Morgan fingerprint density at radius 2 is 2.13 bits per heavy atom. The van der Waals surface area contributed by atoms with Gasteiger partial charge in [0.1, 0.15) is 5.76 Å². The van der Waals surface area contributed by atoms with Crippen molar-refractivity contribution >= 4 is 5.91 Å². The first kappa shape index (κ1) is 10.2. The number of amides is 1. The molecular weight excluding hydrogens is 192 g/mol. The molecule has 1 saturated carbocycles. The number of carbonyl (C=O) groups excluding carboxylic acids is 1. The second-order valence-electron chi connectivity index (χ2n) is 4.31. The number of nitrogens with zero attached hydrogens (tertiary/aromatic N) is 1. The summed E-state index contributed by atoms with van der Waals surface area (Å²) in [6.07, 6.45) is 3.73. The Morgan fingerprint density at radius 1 is 1.47 bits per heavy atom. The molecule has 15 heavy (non-hydrogen) atoms. The highest BCUT2D eigenvalue weighted by Crippen LogP contribution is 2.35. The van der Waals surface area contributed by atoms with Crippen LogP contribution in [0.25, 0.3) is 0 Å². The van der Waals surface area contributed by atoms with Crippen LogP contribution in [0.5, 0.6) is 0 Å². The van der Waals surface area contributed by atoms with E-state index in [2.05, 4.69) is 5.16 Å². The number of carbonyl (C=O) groups is 1. The van der Waals surface area contributed by atoms with Gasteiger partial charge in [0.2, 0.25) is 5.91 Å². The Labute approximate surface area is 88.8 Å². The molecule has 82 valence electrons. The lowest BCUT2D eigenvalue weighted by atomic mass is 9.80. The number of hydrogen-bond acceptors (Lipinski definition) is 3. The summed E-state index contributed by atoms with van der Waals surface area (Å²) in [5.41, 5.74) is 6.31. The van der Waals surface area contributed by atoms with Crippen molar-refractivity contribution in [2.45, 2.75) is 38.5 Å². The van der Waals surface area contributed by atoms with Crippen LogP contribution in [0.15, 0.2) is 10.6 Å². The molecule has 1 aliphatic carbocycles. The maximum Gasteiger partial charge on any atom is 0.220 e. The van der Waals surface area contributed by atoms with E-state index < -0.39 is 0 Å². The molecule has 1 aromatic rings. The number of aryl methyl sites for hydroxylation is 1. The van der Waals surface area contributed by atoms with E-state index in [-0.39, 0.29) is 11.8 Å². The van der Waals surface area contributed by atoms with Crippen molar-refractivity contribution in [1.82, 2.24) is 5.16 Å². The third kappa shape index (κ3) is 2.19. The van der Waals surface area contributed by atoms with Crippen LogP contribution in [0.3, 0.4) is 0 Å². The van der Waals surface area contributed by atoms with Crippen LogP contribution in [0.1, 0.15) is 43.1 Å². The second-order valence-corrected chi connectivity index (χ2v) is 4.31. The summed E-state index contributed by atoms with van der Waals surface area (Å²) in [6, 6.07) is 1.98. The molecule has 2 rings (SSSR count). The Balaban J connectivity index is 1.96. The number of aromatic nitrogens is 1. The number of primary amides is 1. The van der Waals surface area contributed by atoms with Crippen LogP contribution < -0.4 is 5.73 Å². The van der Waals surface area contributed by atoms with Crippen LogP contribution in [-0.4, -0.2) is 11.1 Å². The molecule has 0 spiro atoms. The van der Waals surface area contributed by atoms with Gasteiger partial charge in [-0.15, -0.1) is 0 Å². The molecule has 0 aromatic carbocycles. The number of hydrogen-bond donors (Lipinski definition) is 1. The summed E-state index contributed by atoms with van der Waals surface area (Å²) < 4.78 is 5.05. The first-order chi connectivity index (χ1) is 7.16. The molecule has 4 heteroatoms. The van der Waals surface area contributed by atoms with E-state index in [1.807, 2.05) is 13.0 Å². The molecule has 0 unspecified atom stereocenters. The minimum atomic E-state index is -0.162. The molecule has 0 bridgehead atoms. The molecule has 1 fully saturated rings. The normalized spacial score (nSPS) is 26.5. The van der Waals surface area contributed by atoms with Gasteiger partial charge < -0.3 is 10.3 Å². The zero-order chi connectivity index (χ0) is 10.8. The summed E-state index contributed by atoms with van der Waals surface area (Å²) in [7, 11) is 0. The van der Waals surface area contributed by atoms with Crippen molar-refractivity contribution in [3.63, 3.8) is 0 Å². The molecule has 1 aliphatic rings. The molecule has 0 radical (unpaired) electrons. The fraction of sp³-hybridized carbons (Fsp3) is 0.636. The minimum absolute atomic E-state index is 0.0641. The monoisotopic (exact) mass is 208 g/mol. The summed E-state index contributed by atoms with van der Waals surface area (Å²) in [6.45, 7) is 1.89. The third-order valence-corrected chi connectivity index (χ3v) is 3.19. The highest BCUT2D eigenvalue weighted by atomic mass is 16.5. The third-order valence-electron chi connectivity index (χ3n) is 3.19. The zero-order valence-corrected chi connectivity index (χ0v) is 8.90. The van der Waals surface area contributed by atoms with Gasteiger partial charge in [-0.25, -0.2) is 0 Å². The Kier molecular flexibility index (Phi) is 2.75. The molecule has 4 nitrogen and oxygen atoms in total. The van der Waals surface area contributed by atoms with Gasteiger partial charge in [-0.1, -0.05) is 5.16 Å². The van der Waals surface area contributed by atoms with Crippen LogP contribution >= 0.6 is 0 Å². The maximum absolute atomic E-state index is 11.0. The second kappa shape index (κ2) is 4.04. The lowest BCUT2D eigenvalue weighted by molar-refractivity contribution is -0.122. The summed E-state index contributed by atoms with van der Waals surface area (Å²) >= 11 is 0. The Bertz CT molecular complexity index is 351. The van der Waals surface area contributed by atoms with E-state index in [9.17, 15) is 4.79 Å². The van der Waals surface area contributed by atoms with Crippen molar-refractivity contribution in [3.8, 4) is 0 Å². The van der Waals surface area contributed by atoms with Gasteiger partial charge in [0.05, 0.1) is 5.69 Å². The lowest BCUT2D eigenvalue weighted by Gasteiger charge is -2.24. The van der Waals surface area contributed by atoms with Gasteiger partial charge in [-0.2, -0.15) is 0 Å². The quantitative estimate of drug-likeness (QED) is 0.804. The SMILES string of the molecule is Cc1cc([C@H]2CC[C@H](C(N)=O)CC2)no1. The van der Waals surface area contributed by atoms with E-state index in [0.29, 0.717) is 5.92 Å². The largest absolute Gasteiger partial charge is 0.369 e. The molecule has 1 amide bonds. The molecule has 0 atom stereocenters. The average molecular weight is 208 g/mol. The van der Waals surface area contributed by atoms with Gasteiger partial charge in [-0.3, -0.25) is 4.79 Å². The van der Waals surface area contributed by atoms with Crippen molar-refractivity contribution in [3.05, 3.63) is 17.5 Å². The topological polar surface area (TPSA) is 69.1 Å². The first-order valence-electron chi connectivity index (χ1n) is 5.39. The van der Waals surface area contributed by atoms with Crippen molar-refractivity contribution in [2.24, 2.45) is 11.7 Å². The van der Waals surface area contributed by atoms with Gasteiger partial charge in [-0.05, 0) is 32.6 Å². The summed E-state index contributed by atoms with van der Waals surface area (Å²) in [4.78, 5) is 11.0. The van der Waals surface area contributed by atoms with Gasteiger partial charge >= 0.3 is 0 Å². The van der Waals surface area contributed by atoms with E-state index in [1.165, 1.54) is 0 Å². The molecule has 1 heterocycles. The van der Waals surface area contributed by atoms with Gasteiger partial charge in [0.15, 0.2) is 0 Å². The Hall–Kier alpha value is -1.32. The standard InChI is InChI=1S/C11H16N2O2/c1-7-6-10(13-15-7)8-2-4-9(5-3-8)11(12)14/h6,8-9H,2-5H2,1H3,(H2,12,14)/t8-,9-. The van der Waals surface area contributed by atoms with E-state index in [1.54, 1.807) is 0 Å². The predicted octanol–water partition coefficient (Wildman–Crippen LogP) is 1.74. The first-order valence-corrected chi connectivity index (χ1v) is 5.39. The fourth-order valence-electron chi connectivity index (χ4n) is 2.25. The summed E-state index contributed by atoms with van der Waals surface area (Å²) in [5.74, 6) is 1.19. The van der Waals surface area contributed by atoms with Gasteiger partial charge in [0, 0.05) is 17.9 Å². The molecule has 0 aliphatic heterocycles. The van der Waals surface area contributed by atoms with Crippen LogP contribution in [0, 0.1) is 12.8 Å². The Morgan fingerprint density at radius 3 is 2.60 bits per heavy atom. The molecule has 0 saturated heterocycles. The van der Waals surface area contributed by atoms with Crippen molar-refractivity contribution in [1.29, 1.82) is 0 Å². The van der Waals surface area contributed by atoms with E-state index >= 15 is 0 Å². The molecule has 1 aromatic heterocycles. The van der Waals surface area contributed by atoms with Crippen molar-refractivity contribution in [2.75, 3.05) is 0 Å².